The summed E-state index contributed by atoms with van der Waals surface area (Å²) in [6.45, 7) is 8.25. The molecule has 166 valence electrons. The molecule has 8 heteroatoms. The molecule has 0 amide bonds. The number of hydrogen-bond acceptors (Lipinski definition) is 7. The topological polar surface area (TPSA) is 58.1 Å². The van der Waals surface area contributed by atoms with E-state index >= 15 is 0 Å². The summed E-state index contributed by atoms with van der Waals surface area (Å²) in [7, 11) is 0. The van der Waals surface area contributed by atoms with Crippen LogP contribution in [0.3, 0.4) is 0 Å². The Labute approximate surface area is 192 Å². The third-order valence-corrected chi connectivity index (χ3v) is 6.54. The fourth-order valence-electron chi connectivity index (χ4n) is 3.67. The van der Waals surface area contributed by atoms with Crippen LogP contribution in [-0.2, 0) is 0 Å². The van der Waals surface area contributed by atoms with Crippen molar-refractivity contribution in [3.63, 3.8) is 0 Å². The predicted octanol–water partition coefficient (Wildman–Crippen LogP) is 3.69. The zero-order chi connectivity index (χ0) is 21.6. The van der Waals surface area contributed by atoms with Crippen LogP contribution in [-0.4, -0.2) is 78.5 Å². The number of β-amino-alcohol motifs (C(OH)–C–C–N with tert-alkyl or cyclic N) is 1. The number of aliphatic hydroxyl groups is 1. The number of piperazine rings is 1. The van der Waals surface area contributed by atoms with E-state index in [1.54, 1.807) is 11.3 Å². The van der Waals surface area contributed by atoms with Gasteiger partial charge in [0.1, 0.15) is 30.8 Å². The van der Waals surface area contributed by atoms with Gasteiger partial charge in [-0.3, -0.25) is 9.80 Å². The molecule has 1 atom stereocenters. The van der Waals surface area contributed by atoms with Crippen molar-refractivity contribution in [3.05, 3.63) is 52.5 Å². The van der Waals surface area contributed by atoms with Gasteiger partial charge in [0.25, 0.3) is 0 Å². The first kappa shape index (κ1) is 22.3. The molecule has 0 saturated carbocycles. The second-order valence-corrected chi connectivity index (χ2v) is 9.44. The van der Waals surface area contributed by atoms with E-state index in [1.807, 2.05) is 49.4 Å². The lowest BCUT2D eigenvalue weighted by atomic mass is 10.2. The molecule has 0 aliphatic carbocycles. The van der Waals surface area contributed by atoms with Crippen LogP contribution in [0, 0.1) is 6.92 Å². The van der Waals surface area contributed by atoms with E-state index in [-0.39, 0.29) is 6.61 Å². The molecule has 3 aromatic rings. The summed E-state index contributed by atoms with van der Waals surface area (Å²) >= 11 is 7.57. The average Bonchev–Trinajstić information content (AvgIpc) is 3.14. The van der Waals surface area contributed by atoms with Gasteiger partial charge in [-0.2, -0.15) is 0 Å². The maximum Gasteiger partial charge on any atom is 0.121 e. The minimum Gasteiger partial charge on any atom is -0.492 e. The van der Waals surface area contributed by atoms with Gasteiger partial charge >= 0.3 is 0 Å². The highest BCUT2D eigenvalue weighted by atomic mass is 35.5. The van der Waals surface area contributed by atoms with E-state index in [1.165, 1.54) is 0 Å². The zero-order valence-corrected chi connectivity index (χ0v) is 19.2. The molecule has 0 bridgehead atoms. The van der Waals surface area contributed by atoms with E-state index in [0.717, 1.165) is 59.4 Å². The Balaban J connectivity index is 1.13. The lowest BCUT2D eigenvalue weighted by Gasteiger charge is -2.35. The number of aromatic nitrogens is 1. The first-order chi connectivity index (χ1) is 15.0. The Morgan fingerprint density at radius 1 is 1.03 bits per heavy atom. The number of fused-ring (bicyclic) bond motifs is 1. The lowest BCUT2D eigenvalue weighted by molar-refractivity contribution is 0.0436. The number of halogens is 1. The van der Waals surface area contributed by atoms with Crippen LogP contribution in [0.15, 0.2) is 42.5 Å². The Bertz CT molecular complexity index is 974. The summed E-state index contributed by atoms with van der Waals surface area (Å²) < 4.78 is 12.7. The molecule has 1 fully saturated rings. The summed E-state index contributed by atoms with van der Waals surface area (Å²) in [5.74, 6) is 1.59. The summed E-state index contributed by atoms with van der Waals surface area (Å²) in [6, 6.07) is 13.4. The summed E-state index contributed by atoms with van der Waals surface area (Å²) in [5.41, 5.74) is 0.950. The molecule has 2 heterocycles. The van der Waals surface area contributed by atoms with Crippen molar-refractivity contribution < 1.29 is 14.6 Å². The standard InChI is InChI=1S/C23H28ClN3O3S/c1-17-25-22-14-21(6-7-23(22)31-17)30-16-19(28)15-27-10-8-26(9-11-27)12-13-29-20-4-2-18(24)3-5-20/h2-7,14,19,28H,8-13,15-16H2,1H3. The van der Waals surface area contributed by atoms with Gasteiger partial charge in [0, 0.05) is 50.4 Å². The minimum atomic E-state index is -0.521. The Hall–Kier alpha value is -1.90. The molecule has 1 aliphatic rings. The number of ether oxygens (including phenoxy) is 2. The molecule has 1 unspecified atom stereocenters. The molecule has 4 rings (SSSR count). The molecule has 31 heavy (non-hydrogen) atoms. The molecule has 1 N–H and O–H groups in total. The molecule has 1 saturated heterocycles. The van der Waals surface area contributed by atoms with Crippen molar-refractivity contribution in [2.75, 3.05) is 52.5 Å². The first-order valence-electron chi connectivity index (χ1n) is 10.6. The summed E-state index contributed by atoms with van der Waals surface area (Å²) in [4.78, 5) is 9.17. The maximum atomic E-state index is 10.4. The van der Waals surface area contributed by atoms with Crippen molar-refractivity contribution in [1.29, 1.82) is 0 Å². The fourth-order valence-corrected chi connectivity index (χ4v) is 4.61. The van der Waals surface area contributed by atoms with Crippen molar-refractivity contribution >= 4 is 33.2 Å². The lowest BCUT2D eigenvalue weighted by Crippen LogP contribution is -2.50. The predicted molar refractivity (Wildman–Crippen MR) is 126 cm³/mol. The summed E-state index contributed by atoms with van der Waals surface area (Å²) in [6.07, 6.45) is -0.521. The van der Waals surface area contributed by atoms with Crippen molar-refractivity contribution in [2.45, 2.75) is 13.0 Å². The summed E-state index contributed by atoms with van der Waals surface area (Å²) in [5, 5.41) is 12.2. The normalized spacial score (nSPS) is 16.5. The second-order valence-electron chi connectivity index (χ2n) is 7.77. The Kier molecular flexibility index (Phi) is 7.63. The molecule has 1 aromatic heterocycles. The van der Waals surface area contributed by atoms with E-state index in [2.05, 4.69) is 14.8 Å². The van der Waals surface area contributed by atoms with Gasteiger partial charge in [-0.15, -0.1) is 11.3 Å². The van der Waals surface area contributed by atoms with E-state index < -0.39 is 6.10 Å². The van der Waals surface area contributed by atoms with Crippen molar-refractivity contribution in [1.82, 2.24) is 14.8 Å². The number of thiazole rings is 1. The molecular formula is C23H28ClN3O3S. The number of aryl methyl sites for hydroxylation is 1. The highest BCUT2D eigenvalue weighted by molar-refractivity contribution is 7.18. The molecule has 0 spiro atoms. The molecule has 2 aromatic carbocycles. The Morgan fingerprint density at radius 2 is 1.74 bits per heavy atom. The minimum absolute atomic E-state index is 0.282. The maximum absolute atomic E-state index is 10.4. The zero-order valence-electron chi connectivity index (χ0n) is 17.7. The van der Waals surface area contributed by atoms with Gasteiger partial charge in [0.05, 0.1) is 15.2 Å². The highest BCUT2D eigenvalue weighted by Crippen LogP contribution is 2.25. The second kappa shape index (κ2) is 10.6. The largest absolute Gasteiger partial charge is 0.492 e. The first-order valence-corrected chi connectivity index (χ1v) is 11.8. The van der Waals surface area contributed by atoms with E-state index in [0.29, 0.717) is 18.2 Å². The fraction of sp³-hybridized carbons (Fsp3) is 0.435. The third kappa shape index (κ3) is 6.54. The number of nitrogens with zero attached hydrogens (tertiary/aromatic N) is 3. The van der Waals surface area contributed by atoms with Gasteiger partial charge in [-0.25, -0.2) is 4.98 Å². The number of aliphatic hydroxyl groups excluding tert-OH is 1. The third-order valence-electron chi connectivity index (χ3n) is 5.33. The average molecular weight is 462 g/mol. The number of rotatable bonds is 9. The van der Waals surface area contributed by atoms with Gasteiger partial charge in [0.2, 0.25) is 0 Å². The highest BCUT2D eigenvalue weighted by Gasteiger charge is 2.19. The van der Waals surface area contributed by atoms with Crippen LogP contribution in [0.25, 0.3) is 10.2 Å². The molecular weight excluding hydrogens is 434 g/mol. The monoisotopic (exact) mass is 461 g/mol. The van der Waals surface area contributed by atoms with Gasteiger partial charge in [-0.05, 0) is 43.3 Å². The van der Waals surface area contributed by atoms with E-state index in [9.17, 15) is 5.11 Å². The number of hydrogen-bond donors (Lipinski definition) is 1. The smallest absolute Gasteiger partial charge is 0.121 e. The van der Waals surface area contributed by atoms with Gasteiger partial charge in [0.15, 0.2) is 0 Å². The van der Waals surface area contributed by atoms with Crippen LogP contribution < -0.4 is 9.47 Å². The van der Waals surface area contributed by atoms with Gasteiger partial charge < -0.3 is 14.6 Å². The van der Waals surface area contributed by atoms with Crippen LogP contribution in [0.5, 0.6) is 11.5 Å². The SMILES string of the molecule is Cc1nc2cc(OCC(O)CN3CCN(CCOc4ccc(Cl)cc4)CC3)ccc2s1. The van der Waals surface area contributed by atoms with E-state index in [4.69, 9.17) is 21.1 Å². The van der Waals surface area contributed by atoms with Crippen LogP contribution >= 0.6 is 22.9 Å². The van der Waals surface area contributed by atoms with Crippen molar-refractivity contribution in [3.8, 4) is 11.5 Å². The van der Waals surface area contributed by atoms with Crippen LogP contribution in [0.1, 0.15) is 5.01 Å². The molecule has 6 nitrogen and oxygen atoms in total. The van der Waals surface area contributed by atoms with Crippen LogP contribution in [0.2, 0.25) is 5.02 Å². The van der Waals surface area contributed by atoms with Crippen molar-refractivity contribution in [2.24, 2.45) is 0 Å². The molecule has 0 radical (unpaired) electrons. The van der Waals surface area contributed by atoms with Crippen LogP contribution in [0.4, 0.5) is 0 Å². The van der Waals surface area contributed by atoms with Gasteiger partial charge in [-0.1, -0.05) is 11.6 Å². The molecule has 1 aliphatic heterocycles. The number of benzene rings is 2. The quantitative estimate of drug-likeness (QED) is 0.524. The Morgan fingerprint density at radius 3 is 2.52 bits per heavy atom.